The average molecular weight is 397 g/mol. The van der Waals surface area contributed by atoms with E-state index in [0.29, 0.717) is 11.3 Å². The van der Waals surface area contributed by atoms with Crippen molar-refractivity contribution in [3.63, 3.8) is 0 Å². The highest BCUT2D eigenvalue weighted by molar-refractivity contribution is 6.11. The van der Waals surface area contributed by atoms with Crippen molar-refractivity contribution in [1.82, 2.24) is 9.97 Å². The topological polar surface area (TPSA) is 53.7 Å². The van der Waals surface area contributed by atoms with Crippen molar-refractivity contribution in [2.24, 2.45) is 0 Å². The third-order valence-electron chi connectivity index (χ3n) is 4.79. The predicted molar refractivity (Wildman–Crippen MR) is 101 cm³/mol. The fraction of sp³-hybridized carbons (Fsp3) is 0.200. The number of alkyl halides is 3. The Morgan fingerprint density at radius 1 is 1.17 bits per heavy atom. The summed E-state index contributed by atoms with van der Waals surface area (Å²) < 4.78 is 39.3. The number of nitrogens with zero attached hydrogens (tertiary/aromatic N) is 5. The molecule has 0 bridgehead atoms. The van der Waals surface area contributed by atoms with E-state index in [-0.39, 0.29) is 12.2 Å². The van der Waals surface area contributed by atoms with E-state index in [1.165, 1.54) is 16.0 Å². The van der Waals surface area contributed by atoms with Gasteiger partial charge in [-0.15, -0.1) is 0 Å². The summed E-state index contributed by atoms with van der Waals surface area (Å²) in [5, 5.41) is 1.52. The summed E-state index contributed by atoms with van der Waals surface area (Å²) >= 11 is 0. The first-order valence-electron chi connectivity index (χ1n) is 8.65. The molecule has 0 N–H and O–H groups in total. The van der Waals surface area contributed by atoms with E-state index < -0.39 is 24.1 Å². The number of hydrogen-bond acceptors (Lipinski definition) is 3. The molecule has 2 aromatic heterocycles. The standard InChI is InChI=1S/C20H14F3N5O/c1-12-8-26-17(20(21,22)23)7-15(12)27-11-18(24-2)28(19(27)29)16-10-25-9-13-5-3-4-6-14(13)16/h3-10,18H,11H2,1H3/t18-/m1/s1. The van der Waals surface area contributed by atoms with Crippen LogP contribution in [0, 0.1) is 13.5 Å². The normalized spacial score (nSPS) is 17.1. The number of urea groups is 1. The van der Waals surface area contributed by atoms with Crippen molar-refractivity contribution in [1.29, 1.82) is 0 Å². The van der Waals surface area contributed by atoms with Crippen LogP contribution in [0.5, 0.6) is 0 Å². The molecule has 29 heavy (non-hydrogen) atoms. The van der Waals surface area contributed by atoms with Gasteiger partial charge in [0.05, 0.1) is 17.6 Å². The lowest BCUT2D eigenvalue weighted by molar-refractivity contribution is -0.141. The summed E-state index contributed by atoms with van der Waals surface area (Å²) in [5.41, 5.74) is -0.149. The van der Waals surface area contributed by atoms with Gasteiger partial charge in [0.2, 0.25) is 0 Å². The molecule has 146 valence electrons. The summed E-state index contributed by atoms with van der Waals surface area (Å²) in [6, 6.07) is 7.55. The lowest BCUT2D eigenvalue weighted by atomic mass is 10.1. The molecule has 3 aromatic rings. The maximum atomic E-state index is 13.2. The van der Waals surface area contributed by atoms with E-state index >= 15 is 0 Å². The van der Waals surface area contributed by atoms with E-state index in [2.05, 4.69) is 14.8 Å². The second-order valence-electron chi connectivity index (χ2n) is 6.61. The van der Waals surface area contributed by atoms with E-state index in [0.717, 1.165) is 23.0 Å². The Balaban J connectivity index is 1.81. The average Bonchev–Trinajstić information content (AvgIpc) is 3.03. The van der Waals surface area contributed by atoms with Gasteiger partial charge in [0.1, 0.15) is 12.2 Å². The lowest BCUT2D eigenvalue weighted by Gasteiger charge is -2.20. The Labute approximate surface area is 164 Å². The number of hydrogen-bond donors (Lipinski definition) is 0. The molecular weight excluding hydrogens is 383 g/mol. The van der Waals surface area contributed by atoms with Crippen LogP contribution < -0.4 is 9.80 Å². The molecule has 9 heteroatoms. The minimum atomic E-state index is -4.64. The first-order chi connectivity index (χ1) is 13.8. The lowest BCUT2D eigenvalue weighted by Crippen LogP contribution is -2.34. The van der Waals surface area contributed by atoms with Crippen LogP contribution in [0.1, 0.15) is 11.3 Å². The predicted octanol–water partition coefficient (Wildman–Crippen LogP) is 4.65. The smallest absolute Gasteiger partial charge is 0.287 e. The quantitative estimate of drug-likeness (QED) is 0.592. The maximum absolute atomic E-state index is 13.2. The number of halogens is 3. The van der Waals surface area contributed by atoms with Crippen LogP contribution in [-0.2, 0) is 6.18 Å². The molecule has 1 fully saturated rings. The van der Waals surface area contributed by atoms with Gasteiger partial charge in [-0.05, 0) is 18.6 Å². The van der Waals surface area contributed by atoms with Crippen LogP contribution in [0.2, 0.25) is 0 Å². The van der Waals surface area contributed by atoms with Crippen LogP contribution in [0.15, 0.2) is 48.9 Å². The maximum Gasteiger partial charge on any atom is 0.433 e. The largest absolute Gasteiger partial charge is 0.433 e. The van der Waals surface area contributed by atoms with Crippen molar-refractivity contribution < 1.29 is 18.0 Å². The number of amides is 2. The zero-order valence-electron chi connectivity index (χ0n) is 15.2. The summed E-state index contributed by atoms with van der Waals surface area (Å²) in [5.74, 6) is 0. The van der Waals surface area contributed by atoms with Crippen LogP contribution in [-0.4, -0.2) is 28.7 Å². The van der Waals surface area contributed by atoms with E-state index in [9.17, 15) is 18.0 Å². The first-order valence-corrected chi connectivity index (χ1v) is 8.65. The number of anilines is 2. The highest BCUT2D eigenvalue weighted by Crippen LogP contribution is 2.36. The van der Waals surface area contributed by atoms with Crippen molar-refractivity contribution in [2.45, 2.75) is 19.3 Å². The number of pyridine rings is 2. The van der Waals surface area contributed by atoms with Crippen molar-refractivity contribution >= 4 is 28.2 Å². The van der Waals surface area contributed by atoms with Gasteiger partial charge in [-0.3, -0.25) is 19.7 Å². The summed E-state index contributed by atoms with van der Waals surface area (Å²) in [7, 11) is 0. The molecule has 0 spiro atoms. The highest BCUT2D eigenvalue weighted by Gasteiger charge is 2.45. The highest BCUT2D eigenvalue weighted by atomic mass is 19.4. The molecule has 4 rings (SSSR count). The Kier molecular flexibility index (Phi) is 4.34. The van der Waals surface area contributed by atoms with Crippen LogP contribution in [0.4, 0.5) is 29.3 Å². The zero-order valence-corrected chi connectivity index (χ0v) is 15.2. The number of carbonyl (C=O) groups excluding carboxylic acids is 1. The summed E-state index contributed by atoms with van der Waals surface area (Å²) in [6.07, 6.45) is -1.31. The fourth-order valence-electron chi connectivity index (χ4n) is 3.40. The van der Waals surface area contributed by atoms with Gasteiger partial charge in [-0.1, -0.05) is 24.3 Å². The molecule has 2 amide bonds. The number of fused-ring (bicyclic) bond motifs is 1. The molecule has 1 aromatic carbocycles. The van der Waals surface area contributed by atoms with E-state index in [1.54, 1.807) is 19.2 Å². The number of aryl methyl sites for hydroxylation is 1. The zero-order chi connectivity index (χ0) is 20.8. The molecule has 1 aliphatic rings. The van der Waals surface area contributed by atoms with Crippen molar-refractivity contribution in [3.8, 4) is 0 Å². The van der Waals surface area contributed by atoms with Crippen molar-refractivity contribution in [2.75, 3.05) is 16.3 Å². The van der Waals surface area contributed by atoms with Crippen LogP contribution in [0.3, 0.4) is 0 Å². The molecular formula is C20H14F3N5O. The number of aromatic nitrogens is 2. The molecule has 1 saturated heterocycles. The molecule has 0 radical (unpaired) electrons. The third-order valence-corrected chi connectivity index (χ3v) is 4.79. The van der Waals surface area contributed by atoms with Gasteiger partial charge in [0.25, 0.3) is 0 Å². The van der Waals surface area contributed by atoms with Gasteiger partial charge in [0, 0.05) is 23.2 Å². The molecule has 1 atom stereocenters. The number of benzene rings is 1. The van der Waals surface area contributed by atoms with Crippen molar-refractivity contribution in [3.05, 3.63) is 71.6 Å². The third kappa shape index (κ3) is 3.12. The second-order valence-corrected chi connectivity index (χ2v) is 6.61. The SMILES string of the molecule is [C-]#[N+][C@H]1CN(c2cc(C(F)(F)F)ncc2C)C(=O)N1c1cncc2ccccc12. The monoisotopic (exact) mass is 397 g/mol. The molecule has 3 heterocycles. The second kappa shape index (κ2) is 6.74. The van der Waals surface area contributed by atoms with Gasteiger partial charge in [-0.25, -0.2) is 16.3 Å². The number of carbonyl (C=O) groups is 1. The molecule has 0 unspecified atom stereocenters. The minimum Gasteiger partial charge on any atom is -0.287 e. The number of rotatable bonds is 2. The van der Waals surface area contributed by atoms with Gasteiger partial charge in [-0.2, -0.15) is 13.2 Å². The van der Waals surface area contributed by atoms with E-state index in [4.69, 9.17) is 6.57 Å². The summed E-state index contributed by atoms with van der Waals surface area (Å²) in [6.45, 7) is 9.03. The first kappa shape index (κ1) is 18.7. The van der Waals surface area contributed by atoms with Crippen LogP contribution in [0.25, 0.3) is 15.6 Å². The molecule has 0 saturated carbocycles. The minimum absolute atomic E-state index is 0.0618. The molecule has 0 aliphatic carbocycles. The van der Waals surface area contributed by atoms with Crippen LogP contribution >= 0.6 is 0 Å². The Bertz CT molecular complexity index is 1150. The Morgan fingerprint density at radius 2 is 1.93 bits per heavy atom. The van der Waals surface area contributed by atoms with Gasteiger partial charge >= 0.3 is 18.4 Å². The van der Waals surface area contributed by atoms with E-state index in [1.807, 2.05) is 18.2 Å². The fourth-order valence-corrected chi connectivity index (χ4v) is 3.40. The Morgan fingerprint density at radius 3 is 2.66 bits per heavy atom. The molecule has 6 nitrogen and oxygen atoms in total. The molecule has 1 aliphatic heterocycles. The summed E-state index contributed by atoms with van der Waals surface area (Å²) in [4.78, 5) is 26.8. The van der Waals surface area contributed by atoms with Gasteiger partial charge < -0.3 is 0 Å². The van der Waals surface area contributed by atoms with Gasteiger partial charge in [0.15, 0.2) is 0 Å². The Hall–Kier alpha value is -3.67.